The number of aliphatic hydroxyl groups excluding tert-OH is 1. The summed E-state index contributed by atoms with van der Waals surface area (Å²) in [5.74, 6) is -2.69. The zero-order chi connectivity index (χ0) is 16.8. The molecule has 7 heteroatoms. The highest BCUT2D eigenvalue weighted by Gasteiger charge is 2.17. The van der Waals surface area contributed by atoms with E-state index < -0.39 is 29.4 Å². The maximum atomic E-state index is 13.1. The lowest BCUT2D eigenvalue weighted by Gasteiger charge is -2.13. The minimum absolute atomic E-state index is 0.00134. The molecule has 0 fully saturated rings. The van der Waals surface area contributed by atoms with Gasteiger partial charge in [-0.05, 0) is 30.3 Å². The molecule has 122 valence electrons. The molecule has 0 bridgehead atoms. The second-order valence-electron chi connectivity index (χ2n) is 4.87. The van der Waals surface area contributed by atoms with Crippen LogP contribution in [0.4, 0.5) is 8.78 Å². The molecule has 0 saturated carbocycles. The number of furan rings is 1. The lowest BCUT2D eigenvalue weighted by atomic mass is 10.1. The molecule has 2 N–H and O–H groups in total. The van der Waals surface area contributed by atoms with Crippen molar-refractivity contribution in [2.45, 2.75) is 18.9 Å². The van der Waals surface area contributed by atoms with Crippen molar-refractivity contribution < 1.29 is 27.9 Å². The van der Waals surface area contributed by atoms with E-state index in [9.17, 15) is 23.5 Å². The number of benzene rings is 1. The number of amides is 1. The first kappa shape index (κ1) is 16.8. The molecule has 0 aliphatic carbocycles. The van der Waals surface area contributed by atoms with Crippen molar-refractivity contribution >= 4 is 11.7 Å². The predicted octanol–water partition coefficient (Wildman–Crippen LogP) is 2.37. The summed E-state index contributed by atoms with van der Waals surface area (Å²) >= 11 is 0. The number of aliphatic hydroxyl groups is 1. The molecule has 0 spiro atoms. The molecular formula is C16H15F2NO4. The Hall–Kier alpha value is -2.54. The van der Waals surface area contributed by atoms with Gasteiger partial charge in [0.25, 0.3) is 0 Å². The normalized spacial score (nSPS) is 12.0. The fourth-order valence-electron chi connectivity index (χ4n) is 2.00. The molecule has 0 aliphatic heterocycles. The summed E-state index contributed by atoms with van der Waals surface area (Å²) in [6.07, 6.45) is 1.11. The zero-order valence-corrected chi connectivity index (χ0v) is 12.1. The molecular weight excluding hydrogens is 308 g/mol. The summed E-state index contributed by atoms with van der Waals surface area (Å²) in [6.45, 7) is -0.351. The Balaban J connectivity index is 1.88. The smallest absolute Gasteiger partial charge is 0.221 e. The van der Waals surface area contributed by atoms with Gasteiger partial charge in [0.05, 0.1) is 12.9 Å². The first-order valence-electron chi connectivity index (χ1n) is 6.93. The van der Waals surface area contributed by atoms with E-state index in [1.165, 1.54) is 6.26 Å². The van der Waals surface area contributed by atoms with Crippen molar-refractivity contribution in [2.24, 2.45) is 0 Å². The number of carbonyl (C=O) groups is 2. The Bertz CT molecular complexity index is 685. The molecule has 23 heavy (non-hydrogen) atoms. The average molecular weight is 323 g/mol. The number of carbonyl (C=O) groups excluding carboxylic acids is 2. The molecule has 1 unspecified atom stereocenters. The van der Waals surface area contributed by atoms with E-state index in [1.807, 2.05) is 0 Å². The lowest BCUT2D eigenvalue weighted by molar-refractivity contribution is -0.122. The summed E-state index contributed by atoms with van der Waals surface area (Å²) < 4.78 is 31.0. The Labute approximate surface area is 130 Å². The van der Waals surface area contributed by atoms with Crippen LogP contribution in [0.2, 0.25) is 0 Å². The van der Waals surface area contributed by atoms with Gasteiger partial charge in [0.2, 0.25) is 5.91 Å². The highest BCUT2D eigenvalue weighted by molar-refractivity contribution is 5.97. The molecule has 1 amide bonds. The van der Waals surface area contributed by atoms with Gasteiger partial charge in [0.15, 0.2) is 17.4 Å². The Morgan fingerprint density at radius 3 is 2.57 bits per heavy atom. The van der Waals surface area contributed by atoms with Gasteiger partial charge in [0.1, 0.15) is 11.8 Å². The van der Waals surface area contributed by atoms with E-state index in [0.29, 0.717) is 5.76 Å². The van der Waals surface area contributed by atoms with E-state index in [1.54, 1.807) is 12.1 Å². The van der Waals surface area contributed by atoms with Gasteiger partial charge in [-0.3, -0.25) is 9.59 Å². The van der Waals surface area contributed by atoms with Gasteiger partial charge in [-0.1, -0.05) is 0 Å². The van der Waals surface area contributed by atoms with Crippen LogP contribution in [0, 0.1) is 11.6 Å². The molecule has 1 atom stereocenters. The summed E-state index contributed by atoms with van der Waals surface area (Å²) in [6, 6.07) is 5.36. The van der Waals surface area contributed by atoms with E-state index in [4.69, 9.17) is 4.42 Å². The van der Waals surface area contributed by atoms with E-state index in [-0.39, 0.29) is 25.0 Å². The second kappa shape index (κ2) is 7.64. The van der Waals surface area contributed by atoms with Crippen LogP contribution in [-0.4, -0.2) is 23.4 Å². The molecule has 0 aliphatic rings. The zero-order valence-electron chi connectivity index (χ0n) is 12.1. The number of nitrogens with one attached hydrogen (secondary N) is 1. The van der Waals surface area contributed by atoms with Crippen LogP contribution >= 0.6 is 0 Å². The topological polar surface area (TPSA) is 79.5 Å². The van der Waals surface area contributed by atoms with E-state index >= 15 is 0 Å². The molecule has 2 aromatic rings. The molecule has 0 saturated heterocycles. The van der Waals surface area contributed by atoms with E-state index in [0.717, 1.165) is 18.2 Å². The predicted molar refractivity (Wildman–Crippen MR) is 76.6 cm³/mol. The van der Waals surface area contributed by atoms with Crippen LogP contribution in [0.1, 0.15) is 35.0 Å². The molecule has 2 rings (SSSR count). The summed E-state index contributed by atoms with van der Waals surface area (Å²) in [5.41, 5.74) is 0.00134. The SMILES string of the molecule is O=C(CCC(=O)c1ccc(F)c(F)c1)NC(CO)c1ccco1. The first-order chi connectivity index (χ1) is 11.0. The van der Waals surface area contributed by atoms with Gasteiger partial charge in [-0.2, -0.15) is 0 Å². The monoisotopic (exact) mass is 323 g/mol. The third-order valence-electron chi connectivity index (χ3n) is 3.23. The van der Waals surface area contributed by atoms with Crippen molar-refractivity contribution in [2.75, 3.05) is 6.61 Å². The molecule has 1 aromatic carbocycles. The standard InChI is InChI=1S/C16H15F2NO4/c17-11-4-3-10(8-12(11)18)14(21)5-6-16(22)19-13(9-20)15-2-1-7-23-15/h1-4,7-8,13,20H,5-6,9H2,(H,19,22). The third-order valence-corrected chi connectivity index (χ3v) is 3.23. The largest absolute Gasteiger partial charge is 0.467 e. The highest BCUT2D eigenvalue weighted by atomic mass is 19.2. The Kier molecular flexibility index (Phi) is 5.59. The van der Waals surface area contributed by atoms with Crippen molar-refractivity contribution in [1.29, 1.82) is 0 Å². The maximum Gasteiger partial charge on any atom is 0.221 e. The van der Waals surface area contributed by atoms with Gasteiger partial charge < -0.3 is 14.8 Å². The summed E-state index contributed by atoms with van der Waals surface area (Å²) in [7, 11) is 0. The molecule has 1 heterocycles. The Morgan fingerprint density at radius 1 is 1.17 bits per heavy atom. The number of ketones is 1. The number of halogens is 2. The quantitative estimate of drug-likeness (QED) is 0.767. The highest BCUT2D eigenvalue weighted by Crippen LogP contribution is 2.14. The number of rotatable bonds is 7. The fourth-order valence-corrected chi connectivity index (χ4v) is 2.00. The van der Waals surface area contributed by atoms with Crippen molar-refractivity contribution in [3.63, 3.8) is 0 Å². The summed E-state index contributed by atoms with van der Waals surface area (Å²) in [4.78, 5) is 23.7. The average Bonchev–Trinajstić information content (AvgIpc) is 3.07. The molecule has 0 radical (unpaired) electrons. The summed E-state index contributed by atoms with van der Waals surface area (Å²) in [5, 5.41) is 11.8. The van der Waals surface area contributed by atoms with Crippen molar-refractivity contribution in [1.82, 2.24) is 5.32 Å². The van der Waals surface area contributed by atoms with Crippen LogP contribution in [0.5, 0.6) is 0 Å². The van der Waals surface area contributed by atoms with Gasteiger partial charge in [-0.25, -0.2) is 8.78 Å². The van der Waals surface area contributed by atoms with Crippen LogP contribution in [-0.2, 0) is 4.79 Å². The number of hydrogen-bond donors (Lipinski definition) is 2. The van der Waals surface area contributed by atoms with Gasteiger partial charge in [0, 0.05) is 18.4 Å². The van der Waals surface area contributed by atoms with Gasteiger partial charge >= 0.3 is 0 Å². The number of Topliss-reactive ketones (excluding diaryl/α,β-unsaturated/α-hetero) is 1. The molecule has 1 aromatic heterocycles. The minimum Gasteiger partial charge on any atom is -0.467 e. The minimum atomic E-state index is -1.11. The fraction of sp³-hybridized carbons (Fsp3) is 0.250. The first-order valence-corrected chi connectivity index (χ1v) is 6.93. The second-order valence-corrected chi connectivity index (χ2v) is 4.87. The van der Waals surface area contributed by atoms with Gasteiger partial charge in [-0.15, -0.1) is 0 Å². The van der Waals surface area contributed by atoms with Crippen molar-refractivity contribution in [3.05, 3.63) is 59.6 Å². The maximum absolute atomic E-state index is 13.1. The van der Waals surface area contributed by atoms with Crippen LogP contribution in [0.3, 0.4) is 0 Å². The Morgan fingerprint density at radius 2 is 1.96 bits per heavy atom. The van der Waals surface area contributed by atoms with Crippen LogP contribution < -0.4 is 5.32 Å². The van der Waals surface area contributed by atoms with E-state index in [2.05, 4.69) is 5.32 Å². The van der Waals surface area contributed by atoms with Crippen molar-refractivity contribution in [3.8, 4) is 0 Å². The van der Waals surface area contributed by atoms with Crippen LogP contribution in [0.25, 0.3) is 0 Å². The number of hydrogen-bond acceptors (Lipinski definition) is 4. The molecule has 5 nitrogen and oxygen atoms in total. The lowest BCUT2D eigenvalue weighted by Crippen LogP contribution is -2.30. The van der Waals surface area contributed by atoms with Crippen LogP contribution in [0.15, 0.2) is 41.0 Å². The third kappa shape index (κ3) is 4.46.